The number of hydrogen-bond acceptors (Lipinski definition) is 7. The van der Waals surface area contributed by atoms with E-state index in [9.17, 15) is 20.0 Å². The van der Waals surface area contributed by atoms with Gasteiger partial charge in [0.15, 0.2) is 5.82 Å². The molecular formula is C18H11N5O5. The first-order valence-corrected chi connectivity index (χ1v) is 8.01. The summed E-state index contributed by atoms with van der Waals surface area (Å²) in [5.74, 6) is -0.255. The summed E-state index contributed by atoms with van der Waals surface area (Å²) in [6.07, 6.45) is 4.41. The maximum absolute atomic E-state index is 12.4. The first kappa shape index (κ1) is 17.1. The largest absolute Gasteiger partial charge is 0.858 e. The average molecular weight is 377 g/mol. The van der Waals surface area contributed by atoms with Crippen molar-refractivity contribution in [1.82, 2.24) is 15.2 Å². The van der Waals surface area contributed by atoms with Gasteiger partial charge in [-0.15, -0.1) is 0 Å². The molecule has 4 aromatic rings. The van der Waals surface area contributed by atoms with Crippen molar-refractivity contribution in [2.45, 2.75) is 0 Å². The van der Waals surface area contributed by atoms with E-state index >= 15 is 0 Å². The number of nitro groups is 1. The molecule has 138 valence electrons. The molecule has 1 N–H and O–H groups in total. The van der Waals surface area contributed by atoms with Crippen molar-refractivity contribution < 1.29 is 19.2 Å². The van der Waals surface area contributed by atoms with Gasteiger partial charge >= 0.3 is 5.63 Å². The molecule has 0 atom stereocenters. The Labute approximate surface area is 156 Å². The monoisotopic (exact) mass is 377 g/mol. The van der Waals surface area contributed by atoms with Gasteiger partial charge in [0.25, 0.3) is 11.9 Å². The van der Waals surface area contributed by atoms with E-state index in [1.807, 2.05) is 0 Å². The van der Waals surface area contributed by atoms with Gasteiger partial charge in [0.2, 0.25) is 5.69 Å². The van der Waals surface area contributed by atoms with Crippen LogP contribution in [0.25, 0.3) is 28.7 Å². The van der Waals surface area contributed by atoms with Crippen LogP contribution in [0.4, 0.5) is 5.69 Å². The SMILES string of the molecule is O=c1c[n+](-c2ccc3nc(/C=C\c4ccc([N+](=O)[O-])cc4)nc([O-])c3c2)[nH]o1. The molecule has 0 amide bonds. The summed E-state index contributed by atoms with van der Waals surface area (Å²) in [7, 11) is 0. The number of fused-ring (bicyclic) bond motifs is 1. The second-order valence-electron chi connectivity index (χ2n) is 5.78. The molecule has 10 nitrogen and oxygen atoms in total. The number of nitrogens with one attached hydrogen (secondary N) is 1. The predicted molar refractivity (Wildman–Crippen MR) is 95.4 cm³/mol. The first-order valence-electron chi connectivity index (χ1n) is 8.01. The average Bonchev–Trinajstić information content (AvgIpc) is 3.13. The molecule has 10 heteroatoms. The fourth-order valence-electron chi connectivity index (χ4n) is 2.59. The van der Waals surface area contributed by atoms with Gasteiger partial charge in [-0.2, -0.15) is 0 Å². The third-order valence-electron chi connectivity index (χ3n) is 3.95. The standard InChI is InChI=1S/C18H11N5O5/c24-17-10-22(21-28-17)13-6-7-15-14(9-13)18(25)20-16(19-15)8-3-11-1-4-12(5-2-11)23(26)27/h1-10H,(H-,19,20,21,24,25)/b8-3-. The lowest BCUT2D eigenvalue weighted by atomic mass is 10.2. The lowest BCUT2D eigenvalue weighted by Gasteiger charge is -2.09. The minimum Gasteiger partial charge on any atom is -0.858 e. The van der Waals surface area contributed by atoms with Crippen LogP contribution >= 0.6 is 0 Å². The Morgan fingerprint density at radius 2 is 1.89 bits per heavy atom. The highest BCUT2D eigenvalue weighted by Crippen LogP contribution is 2.21. The maximum atomic E-state index is 12.4. The number of rotatable bonds is 4. The van der Waals surface area contributed by atoms with Crippen LogP contribution in [0.3, 0.4) is 0 Å². The number of nitro benzene ring substituents is 1. The van der Waals surface area contributed by atoms with Gasteiger partial charge in [0.05, 0.1) is 10.4 Å². The van der Waals surface area contributed by atoms with Crippen molar-refractivity contribution in [1.29, 1.82) is 0 Å². The Hall–Kier alpha value is -4.34. The Morgan fingerprint density at radius 3 is 2.57 bits per heavy atom. The molecule has 2 aromatic heterocycles. The van der Waals surface area contributed by atoms with Crippen molar-refractivity contribution in [3.63, 3.8) is 0 Å². The van der Waals surface area contributed by atoms with Gasteiger partial charge in [0, 0.05) is 29.7 Å². The summed E-state index contributed by atoms with van der Waals surface area (Å²) >= 11 is 0. The lowest BCUT2D eigenvalue weighted by Crippen LogP contribution is -2.32. The van der Waals surface area contributed by atoms with Crippen LogP contribution in [-0.2, 0) is 0 Å². The summed E-state index contributed by atoms with van der Waals surface area (Å²) in [5, 5.41) is 25.7. The van der Waals surface area contributed by atoms with Gasteiger partial charge < -0.3 is 5.11 Å². The van der Waals surface area contributed by atoms with Crippen molar-refractivity contribution in [2.75, 3.05) is 0 Å². The van der Waals surface area contributed by atoms with Crippen LogP contribution in [0.1, 0.15) is 11.4 Å². The third-order valence-corrected chi connectivity index (χ3v) is 3.95. The topological polar surface area (TPSA) is 142 Å². The van der Waals surface area contributed by atoms with Crippen LogP contribution < -0.4 is 15.4 Å². The van der Waals surface area contributed by atoms with Gasteiger partial charge in [-0.05, 0) is 45.7 Å². The molecule has 2 heterocycles. The second kappa shape index (κ2) is 6.76. The minimum absolute atomic E-state index is 0.00593. The van der Waals surface area contributed by atoms with Gasteiger partial charge in [-0.3, -0.25) is 14.6 Å². The zero-order valence-electron chi connectivity index (χ0n) is 14.1. The zero-order chi connectivity index (χ0) is 19.7. The van der Waals surface area contributed by atoms with Crippen molar-refractivity contribution in [3.8, 4) is 11.6 Å². The molecule has 28 heavy (non-hydrogen) atoms. The molecular weight excluding hydrogens is 366 g/mol. The van der Waals surface area contributed by atoms with Gasteiger partial charge in [-0.25, -0.2) is 14.8 Å². The van der Waals surface area contributed by atoms with E-state index in [-0.39, 0.29) is 11.5 Å². The number of benzene rings is 2. The van der Waals surface area contributed by atoms with E-state index in [1.165, 1.54) is 23.0 Å². The molecule has 4 rings (SSSR count). The second-order valence-corrected chi connectivity index (χ2v) is 5.78. The van der Waals surface area contributed by atoms with Crippen LogP contribution in [0, 0.1) is 10.1 Å². The summed E-state index contributed by atoms with van der Waals surface area (Å²) in [6.45, 7) is 0. The highest BCUT2D eigenvalue weighted by Gasteiger charge is 2.12. The van der Waals surface area contributed by atoms with E-state index in [1.54, 1.807) is 42.5 Å². The fraction of sp³-hybridized carbons (Fsp3) is 0. The number of hydrogen-bond donors (Lipinski definition) is 1. The smallest absolute Gasteiger partial charge is 0.427 e. The van der Waals surface area contributed by atoms with Crippen LogP contribution in [0.15, 0.2) is 58.0 Å². The number of nitrogens with zero attached hydrogens (tertiary/aromatic N) is 4. The van der Waals surface area contributed by atoms with Gasteiger partial charge in [0.1, 0.15) is 0 Å². The number of aromatic amines is 1. The van der Waals surface area contributed by atoms with E-state index in [4.69, 9.17) is 0 Å². The van der Waals surface area contributed by atoms with Gasteiger partial charge in [-0.1, -0.05) is 6.08 Å². The molecule has 0 aliphatic carbocycles. The Kier molecular flexibility index (Phi) is 4.13. The van der Waals surface area contributed by atoms with Crippen molar-refractivity contribution in [2.24, 2.45) is 0 Å². The van der Waals surface area contributed by atoms with Crippen LogP contribution in [0.2, 0.25) is 0 Å². The summed E-state index contributed by atoms with van der Waals surface area (Å²) in [4.78, 5) is 29.6. The van der Waals surface area contributed by atoms with E-state index in [2.05, 4.69) is 19.8 Å². The highest BCUT2D eigenvalue weighted by molar-refractivity contribution is 5.85. The van der Waals surface area contributed by atoms with Crippen LogP contribution in [-0.4, -0.2) is 20.2 Å². The molecule has 2 aromatic carbocycles. The zero-order valence-corrected chi connectivity index (χ0v) is 14.1. The maximum Gasteiger partial charge on any atom is 0.427 e. The number of non-ortho nitro benzene ring substituents is 1. The normalized spacial score (nSPS) is 11.3. The summed E-state index contributed by atoms with van der Waals surface area (Å²) in [5.41, 5.74) is 1.11. The Balaban J connectivity index is 1.65. The number of H-pyrrole nitrogens is 1. The van der Waals surface area contributed by atoms with E-state index in [0.717, 1.165) is 0 Å². The molecule has 0 aliphatic rings. The van der Waals surface area contributed by atoms with Crippen molar-refractivity contribution in [3.05, 3.63) is 80.6 Å². The van der Waals surface area contributed by atoms with Crippen molar-refractivity contribution >= 4 is 28.7 Å². The molecule has 0 bridgehead atoms. The fourth-order valence-corrected chi connectivity index (χ4v) is 2.59. The molecule has 0 spiro atoms. The lowest BCUT2D eigenvalue weighted by molar-refractivity contribution is -0.670. The molecule has 0 aliphatic heterocycles. The Bertz CT molecular complexity index is 1270. The van der Waals surface area contributed by atoms with E-state index < -0.39 is 16.4 Å². The molecule has 0 fully saturated rings. The van der Waals surface area contributed by atoms with Crippen LogP contribution in [0.5, 0.6) is 5.88 Å². The molecule has 0 unspecified atom stereocenters. The molecule has 0 radical (unpaired) electrons. The third kappa shape index (κ3) is 3.33. The minimum atomic E-state index is -0.551. The molecule has 0 saturated heterocycles. The highest BCUT2D eigenvalue weighted by atomic mass is 16.6. The predicted octanol–water partition coefficient (Wildman–Crippen LogP) is 1.34. The molecule has 0 saturated carbocycles. The quantitative estimate of drug-likeness (QED) is 0.321. The Morgan fingerprint density at radius 1 is 1.11 bits per heavy atom. The first-order chi connectivity index (χ1) is 13.5. The number of aromatic nitrogens is 4. The summed E-state index contributed by atoms with van der Waals surface area (Å²) in [6, 6.07) is 10.8. The summed E-state index contributed by atoms with van der Waals surface area (Å²) < 4.78 is 5.94. The van der Waals surface area contributed by atoms with E-state index in [0.29, 0.717) is 22.2 Å².